The Morgan fingerprint density at radius 1 is 1.15 bits per heavy atom. The molecule has 2 aromatic carbocycles. The first-order valence-corrected chi connectivity index (χ1v) is 10.0. The van der Waals surface area contributed by atoms with E-state index in [1.807, 2.05) is 13.8 Å². The minimum absolute atomic E-state index is 0.164. The van der Waals surface area contributed by atoms with E-state index in [9.17, 15) is 9.59 Å². The van der Waals surface area contributed by atoms with Gasteiger partial charge in [-0.05, 0) is 62.7 Å². The molecule has 7 heteroatoms. The van der Waals surface area contributed by atoms with Gasteiger partial charge in [0.1, 0.15) is 5.75 Å². The molecule has 0 aliphatic heterocycles. The number of anilines is 2. The summed E-state index contributed by atoms with van der Waals surface area (Å²) < 4.78 is 5.37. The molecule has 0 spiro atoms. The van der Waals surface area contributed by atoms with Gasteiger partial charge in [-0.15, -0.1) is 11.8 Å². The second-order valence-electron chi connectivity index (χ2n) is 5.86. The van der Waals surface area contributed by atoms with E-state index >= 15 is 0 Å². The topological polar surface area (TPSA) is 67.4 Å². The molecule has 5 nitrogen and oxygen atoms in total. The summed E-state index contributed by atoms with van der Waals surface area (Å²) >= 11 is 7.34. The van der Waals surface area contributed by atoms with Crippen LogP contribution < -0.4 is 15.4 Å². The zero-order valence-electron chi connectivity index (χ0n) is 15.5. The van der Waals surface area contributed by atoms with Gasteiger partial charge < -0.3 is 15.4 Å². The zero-order chi connectivity index (χ0) is 19.8. The fraction of sp³-hybridized carbons (Fsp3) is 0.300. The third-order valence-corrected chi connectivity index (χ3v) is 5.36. The molecule has 0 fully saturated rings. The minimum atomic E-state index is -0.380. The SMILES string of the molecule is CCOc1ccc(NC(=O)CS[C@@H](C)C(=O)Nc2cccc(Cl)c2C)cc1. The largest absolute Gasteiger partial charge is 0.494 e. The van der Waals surface area contributed by atoms with Crippen LogP contribution in [-0.4, -0.2) is 29.4 Å². The molecule has 0 unspecified atom stereocenters. The van der Waals surface area contributed by atoms with Gasteiger partial charge in [0.15, 0.2) is 0 Å². The van der Waals surface area contributed by atoms with Gasteiger partial charge in [-0.25, -0.2) is 0 Å². The normalized spacial score (nSPS) is 11.6. The van der Waals surface area contributed by atoms with Gasteiger partial charge >= 0.3 is 0 Å². The third-order valence-electron chi connectivity index (χ3n) is 3.81. The first-order valence-electron chi connectivity index (χ1n) is 8.61. The Morgan fingerprint density at radius 3 is 2.52 bits per heavy atom. The first-order chi connectivity index (χ1) is 12.9. The summed E-state index contributed by atoms with van der Waals surface area (Å²) in [7, 11) is 0. The molecule has 0 bridgehead atoms. The number of carbonyl (C=O) groups is 2. The smallest absolute Gasteiger partial charge is 0.237 e. The van der Waals surface area contributed by atoms with Crippen molar-refractivity contribution in [2.24, 2.45) is 0 Å². The maximum Gasteiger partial charge on any atom is 0.237 e. The van der Waals surface area contributed by atoms with Crippen molar-refractivity contribution in [3.8, 4) is 5.75 Å². The van der Waals surface area contributed by atoms with Crippen LogP contribution in [-0.2, 0) is 9.59 Å². The molecule has 2 N–H and O–H groups in total. The number of amides is 2. The molecule has 0 aliphatic carbocycles. The maximum atomic E-state index is 12.3. The second-order valence-corrected chi connectivity index (χ2v) is 7.60. The van der Waals surface area contributed by atoms with Crippen molar-refractivity contribution < 1.29 is 14.3 Å². The zero-order valence-corrected chi connectivity index (χ0v) is 17.1. The number of ether oxygens (including phenoxy) is 1. The van der Waals surface area contributed by atoms with E-state index in [2.05, 4.69) is 10.6 Å². The molecular formula is C20H23ClN2O3S. The molecule has 27 heavy (non-hydrogen) atoms. The van der Waals surface area contributed by atoms with E-state index in [1.165, 1.54) is 11.8 Å². The number of benzene rings is 2. The van der Waals surface area contributed by atoms with Crippen LogP contribution in [0.5, 0.6) is 5.75 Å². The third kappa shape index (κ3) is 6.48. The number of halogens is 1. The number of hydrogen-bond acceptors (Lipinski definition) is 4. The molecule has 0 saturated heterocycles. The van der Waals surface area contributed by atoms with Crippen LogP contribution in [0.25, 0.3) is 0 Å². The summed E-state index contributed by atoms with van der Waals surface area (Å²) in [5.41, 5.74) is 2.19. The van der Waals surface area contributed by atoms with Gasteiger partial charge in [0, 0.05) is 16.4 Å². The maximum absolute atomic E-state index is 12.3. The van der Waals surface area contributed by atoms with Gasteiger partial charge in [0.25, 0.3) is 0 Å². The quantitative estimate of drug-likeness (QED) is 0.664. The highest BCUT2D eigenvalue weighted by atomic mass is 35.5. The summed E-state index contributed by atoms with van der Waals surface area (Å²) in [4.78, 5) is 24.4. The molecule has 0 aromatic heterocycles. The van der Waals surface area contributed by atoms with Crippen LogP contribution in [0.1, 0.15) is 19.4 Å². The number of hydrogen-bond donors (Lipinski definition) is 2. The molecular weight excluding hydrogens is 384 g/mol. The number of thioether (sulfide) groups is 1. The predicted molar refractivity (Wildman–Crippen MR) is 113 cm³/mol. The number of rotatable bonds is 8. The van der Waals surface area contributed by atoms with Gasteiger partial charge in [-0.3, -0.25) is 9.59 Å². The molecule has 0 radical (unpaired) electrons. The monoisotopic (exact) mass is 406 g/mol. The molecule has 2 rings (SSSR count). The van der Waals surface area contributed by atoms with Crippen molar-refractivity contribution in [1.82, 2.24) is 0 Å². The lowest BCUT2D eigenvalue weighted by molar-refractivity contribution is -0.115. The lowest BCUT2D eigenvalue weighted by atomic mass is 10.2. The predicted octanol–water partition coefficient (Wildman–Crippen LogP) is 4.75. The van der Waals surface area contributed by atoms with E-state index in [-0.39, 0.29) is 22.8 Å². The number of nitrogens with one attached hydrogen (secondary N) is 2. The summed E-state index contributed by atoms with van der Waals surface area (Å²) in [6.45, 7) is 6.12. The highest BCUT2D eigenvalue weighted by Gasteiger charge is 2.16. The van der Waals surface area contributed by atoms with Crippen LogP contribution in [0, 0.1) is 6.92 Å². The van der Waals surface area contributed by atoms with Crippen molar-refractivity contribution >= 4 is 46.6 Å². The Morgan fingerprint density at radius 2 is 1.85 bits per heavy atom. The van der Waals surface area contributed by atoms with E-state index in [4.69, 9.17) is 16.3 Å². The van der Waals surface area contributed by atoms with Crippen molar-refractivity contribution in [2.45, 2.75) is 26.0 Å². The minimum Gasteiger partial charge on any atom is -0.494 e. The average Bonchev–Trinajstić information content (AvgIpc) is 2.65. The highest BCUT2D eigenvalue weighted by Crippen LogP contribution is 2.24. The van der Waals surface area contributed by atoms with E-state index < -0.39 is 0 Å². The Hall–Kier alpha value is -2.18. The summed E-state index contributed by atoms with van der Waals surface area (Å²) in [6.07, 6.45) is 0. The van der Waals surface area contributed by atoms with Crippen LogP contribution in [0.3, 0.4) is 0 Å². The second kappa shape index (κ2) is 10.2. The standard InChI is InChI=1S/C20H23ClN2O3S/c1-4-26-16-10-8-15(9-11-16)22-19(24)12-27-14(3)20(25)23-18-7-5-6-17(21)13(18)2/h5-11,14H,4,12H2,1-3H3,(H,22,24)(H,23,25)/t14-/m0/s1. The van der Waals surface area contributed by atoms with Crippen LogP contribution in [0.2, 0.25) is 5.02 Å². The Labute approximate surface area is 168 Å². The van der Waals surface area contributed by atoms with Crippen molar-refractivity contribution in [1.29, 1.82) is 0 Å². The highest BCUT2D eigenvalue weighted by molar-refractivity contribution is 8.01. The molecule has 144 valence electrons. The fourth-order valence-electron chi connectivity index (χ4n) is 2.25. The van der Waals surface area contributed by atoms with Gasteiger partial charge in [-0.1, -0.05) is 17.7 Å². The summed E-state index contributed by atoms with van der Waals surface area (Å²) in [6, 6.07) is 12.5. The van der Waals surface area contributed by atoms with E-state index in [0.29, 0.717) is 23.0 Å². The molecule has 2 aromatic rings. The average molecular weight is 407 g/mol. The molecule has 0 aliphatic rings. The molecule has 0 saturated carbocycles. The van der Waals surface area contributed by atoms with E-state index in [0.717, 1.165) is 11.3 Å². The molecule has 1 atom stereocenters. The molecule has 2 amide bonds. The first kappa shape index (κ1) is 21.1. The van der Waals surface area contributed by atoms with Crippen LogP contribution in [0.4, 0.5) is 11.4 Å². The summed E-state index contributed by atoms with van der Waals surface area (Å²) in [5.74, 6) is 0.601. The van der Waals surface area contributed by atoms with Crippen LogP contribution >= 0.6 is 23.4 Å². The van der Waals surface area contributed by atoms with E-state index in [1.54, 1.807) is 49.4 Å². The fourth-order valence-corrected chi connectivity index (χ4v) is 3.11. The van der Waals surface area contributed by atoms with Crippen molar-refractivity contribution in [3.05, 3.63) is 53.1 Å². The lowest BCUT2D eigenvalue weighted by Crippen LogP contribution is -2.25. The van der Waals surface area contributed by atoms with Crippen molar-refractivity contribution in [2.75, 3.05) is 23.0 Å². The Kier molecular flexibility index (Phi) is 8.00. The van der Waals surface area contributed by atoms with Gasteiger partial charge in [0.2, 0.25) is 11.8 Å². The van der Waals surface area contributed by atoms with Gasteiger partial charge in [-0.2, -0.15) is 0 Å². The summed E-state index contributed by atoms with van der Waals surface area (Å²) in [5, 5.41) is 5.88. The Balaban J connectivity index is 1.81. The van der Waals surface area contributed by atoms with Crippen LogP contribution in [0.15, 0.2) is 42.5 Å². The van der Waals surface area contributed by atoms with Gasteiger partial charge in [0.05, 0.1) is 17.6 Å². The van der Waals surface area contributed by atoms with Crippen molar-refractivity contribution in [3.63, 3.8) is 0 Å². The number of carbonyl (C=O) groups excluding carboxylic acids is 2. The lowest BCUT2D eigenvalue weighted by Gasteiger charge is -2.14. The molecule has 0 heterocycles. The Bertz CT molecular complexity index is 796.